The van der Waals surface area contributed by atoms with Crippen molar-refractivity contribution in [2.45, 2.75) is 0 Å². The summed E-state index contributed by atoms with van der Waals surface area (Å²) in [5.74, 6) is 0.384. The summed E-state index contributed by atoms with van der Waals surface area (Å²) in [5, 5.41) is 11.5. The van der Waals surface area contributed by atoms with Gasteiger partial charge in [0, 0.05) is 34.4 Å². The van der Waals surface area contributed by atoms with Gasteiger partial charge in [0.2, 0.25) is 5.90 Å². The minimum atomic E-state index is -0.599. The number of ether oxygens (including phenoxy) is 1. The van der Waals surface area contributed by atoms with E-state index in [1.165, 1.54) is 18.2 Å². The third-order valence-electron chi connectivity index (χ3n) is 3.96. The van der Waals surface area contributed by atoms with E-state index in [1.807, 2.05) is 0 Å². The van der Waals surface area contributed by atoms with E-state index in [-0.39, 0.29) is 17.3 Å². The SMILES string of the molecule is O=C1OC(c2ccc(Cl)cc2)=N/C1=C\c1ccc(-c2cccc([N+](=O)[O-])c2)o1. The standard InChI is InChI=1S/C20H11ClN2O5/c21-14-6-4-12(5-7-14)19-22-17(20(24)28-19)11-16-8-9-18(27-16)13-2-1-3-15(10-13)23(25)26/h1-11H/b17-11-. The molecule has 0 unspecified atom stereocenters. The van der Waals surface area contributed by atoms with Gasteiger partial charge in [-0.15, -0.1) is 0 Å². The van der Waals surface area contributed by atoms with Crippen LogP contribution in [0.15, 0.2) is 75.8 Å². The Morgan fingerprint density at radius 3 is 2.57 bits per heavy atom. The van der Waals surface area contributed by atoms with Crippen LogP contribution >= 0.6 is 11.6 Å². The van der Waals surface area contributed by atoms with Gasteiger partial charge in [-0.25, -0.2) is 9.79 Å². The Morgan fingerprint density at radius 1 is 1.04 bits per heavy atom. The molecule has 1 aliphatic rings. The van der Waals surface area contributed by atoms with Crippen LogP contribution in [0.2, 0.25) is 5.02 Å². The summed E-state index contributed by atoms with van der Waals surface area (Å²) >= 11 is 5.85. The lowest BCUT2D eigenvalue weighted by Gasteiger charge is -1.98. The Morgan fingerprint density at radius 2 is 1.82 bits per heavy atom. The van der Waals surface area contributed by atoms with Crippen molar-refractivity contribution in [3.63, 3.8) is 0 Å². The van der Waals surface area contributed by atoms with E-state index >= 15 is 0 Å². The summed E-state index contributed by atoms with van der Waals surface area (Å²) in [5.41, 5.74) is 1.23. The summed E-state index contributed by atoms with van der Waals surface area (Å²) in [6.07, 6.45) is 1.45. The number of non-ortho nitro benzene ring substituents is 1. The van der Waals surface area contributed by atoms with Gasteiger partial charge in [-0.05, 0) is 36.4 Å². The van der Waals surface area contributed by atoms with E-state index in [4.69, 9.17) is 20.8 Å². The minimum Gasteiger partial charge on any atom is -0.457 e. The molecule has 2 aromatic carbocycles. The molecule has 1 aromatic heterocycles. The lowest BCUT2D eigenvalue weighted by atomic mass is 10.1. The first-order valence-corrected chi connectivity index (χ1v) is 8.50. The van der Waals surface area contributed by atoms with Crippen molar-refractivity contribution < 1.29 is 18.9 Å². The molecule has 0 bridgehead atoms. The van der Waals surface area contributed by atoms with Gasteiger partial charge in [-0.3, -0.25) is 10.1 Å². The number of hydrogen-bond donors (Lipinski definition) is 0. The fourth-order valence-corrected chi connectivity index (χ4v) is 2.74. The molecule has 2 heterocycles. The third kappa shape index (κ3) is 3.56. The molecule has 0 N–H and O–H groups in total. The fraction of sp³-hybridized carbons (Fsp3) is 0. The number of carbonyl (C=O) groups is 1. The quantitative estimate of drug-likeness (QED) is 0.273. The zero-order valence-corrected chi connectivity index (χ0v) is 14.9. The summed E-state index contributed by atoms with van der Waals surface area (Å²) in [4.78, 5) is 26.7. The highest BCUT2D eigenvalue weighted by Gasteiger charge is 2.24. The van der Waals surface area contributed by atoms with Crippen LogP contribution in [0.3, 0.4) is 0 Å². The zero-order chi connectivity index (χ0) is 19.7. The number of esters is 1. The lowest BCUT2D eigenvalue weighted by molar-refractivity contribution is -0.384. The van der Waals surface area contributed by atoms with Gasteiger partial charge in [0.05, 0.1) is 4.92 Å². The van der Waals surface area contributed by atoms with E-state index in [0.29, 0.717) is 27.7 Å². The molecule has 0 atom stereocenters. The molecule has 8 heteroatoms. The molecular formula is C20H11ClN2O5. The molecule has 0 spiro atoms. The van der Waals surface area contributed by atoms with E-state index in [1.54, 1.807) is 48.5 Å². The molecule has 0 saturated heterocycles. The van der Waals surface area contributed by atoms with Crippen molar-refractivity contribution in [2.75, 3.05) is 0 Å². The topological polar surface area (TPSA) is 94.9 Å². The van der Waals surface area contributed by atoms with Crippen LogP contribution in [0.25, 0.3) is 17.4 Å². The first-order chi connectivity index (χ1) is 13.5. The molecule has 0 saturated carbocycles. The van der Waals surface area contributed by atoms with Crippen LogP contribution in [-0.4, -0.2) is 16.8 Å². The molecule has 4 rings (SSSR count). The van der Waals surface area contributed by atoms with Gasteiger partial charge in [0.1, 0.15) is 11.5 Å². The second-order valence-corrected chi connectivity index (χ2v) is 6.29. The Hall–Kier alpha value is -3.71. The van der Waals surface area contributed by atoms with Crippen LogP contribution in [0.5, 0.6) is 0 Å². The summed E-state index contributed by atoms with van der Waals surface area (Å²) in [6.45, 7) is 0. The Kier molecular flexibility index (Phi) is 4.50. The van der Waals surface area contributed by atoms with E-state index < -0.39 is 10.9 Å². The van der Waals surface area contributed by atoms with Gasteiger partial charge in [0.25, 0.3) is 5.69 Å². The van der Waals surface area contributed by atoms with Crippen LogP contribution < -0.4 is 0 Å². The van der Waals surface area contributed by atoms with Gasteiger partial charge in [-0.2, -0.15) is 0 Å². The van der Waals surface area contributed by atoms with Crippen molar-refractivity contribution in [1.82, 2.24) is 0 Å². The number of cyclic esters (lactones) is 1. The summed E-state index contributed by atoms with van der Waals surface area (Å²) in [7, 11) is 0. The number of nitro benzene ring substituents is 1. The number of nitrogens with zero attached hydrogens (tertiary/aromatic N) is 2. The van der Waals surface area contributed by atoms with Crippen LogP contribution in [0, 0.1) is 10.1 Å². The highest BCUT2D eigenvalue weighted by molar-refractivity contribution is 6.30. The molecule has 0 amide bonds. The van der Waals surface area contributed by atoms with Gasteiger partial charge in [-0.1, -0.05) is 23.7 Å². The smallest absolute Gasteiger partial charge is 0.363 e. The van der Waals surface area contributed by atoms with E-state index in [0.717, 1.165) is 0 Å². The number of rotatable bonds is 4. The largest absolute Gasteiger partial charge is 0.457 e. The molecular weight excluding hydrogens is 384 g/mol. The van der Waals surface area contributed by atoms with Gasteiger partial charge < -0.3 is 9.15 Å². The number of nitro groups is 1. The monoisotopic (exact) mass is 394 g/mol. The molecule has 0 aliphatic carbocycles. The van der Waals surface area contributed by atoms with Gasteiger partial charge >= 0.3 is 5.97 Å². The maximum Gasteiger partial charge on any atom is 0.363 e. The average molecular weight is 395 g/mol. The second kappa shape index (κ2) is 7.13. The Bertz CT molecular complexity index is 1150. The second-order valence-electron chi connectivity index (χ2n) is 5.85. The highest BCUT2D eigenvalue weighted by atomic mass is 35.5. The Balaban J connectivity index is 1.61. The summed E-state index contributed by atoms with van der Waals surface area (Å²) < 4.78 is 10.9. The van der Waals surface area contributed by atoms with Crippen molar-refractivity contribution in [2.24, 2.45) is 4.99 Å². The maximum atomic E-state index is 12.1. The fourth-order valence-electron chi connectivity index (χ4n) is 2.62. The first kappa shape index (κ1) is 17.7. The van der Waals surface area contributed by atoms with Crippen LogP contribution in [-0.2, 0) is 9.53 Å². The molecule has 0 radical (unpaired) electrons. The van der Waals surface area contributed by atoms with Crippen molar-refractivity contribution in [3.8, 4) is 11.3 Å². The molecule has 1 aliphatic heterocycles. The lowest BCUT2D eigenvalue weighted by Crippen LogP contribution is -2.05. The number of carbonyl (C=O) groups excluding carboxylic acids is 1. The zero-order valence-electron chi connectivity index (χ0n) is 14.2. The van der Waals surface area contributed by atoms with E-state index in [2.05, 4.69) is 4.99 Å². The summed E-state index contributed by atoms with van der Waals surface area (Å²) in [6, 6.07) is 16.1. The first-order valence-electron chi connectivity index (χ1n) is 8.13. The number of benzene rings is 2. The van der Waals surface area contributed by atoms with Crippen LogP contribution in [0.4, 0.5) is 5.69 Å². The number of hydrogen-bond acceptors (Lipinski definition) is 6. The molecule has 28 heavy (non-hydrogen) atoms. The maximum absolute atomic E-state index is 12.1. The highest BCUT2D eigenvalue weighted by Crippen LogP contribution is 2.27. The van der Waals surface area contributed by atoms with Gasteiger partial charge in [0.15, 0.2) is 5.70 Å². The van der Waals surface area contributed by atoms with Crippen molar-refractivity contribution in [1.29, 1.82) is 0 Å². The minimum absolute atomic E-state index is 0.0367. The predicted octanol–water partition coefficient (Wildman–Crippen LogP) is 4.85. The molecule has 3 aromatic rings. The molecule has 138 valence electrons. The third-order valence-corrected chi connectivity index (χ3v) is 4.21. The van der Waals surface area contributed by atoms with E-state index in [9.17, 15) is 14.9 Å². The number of furan rings is 1. The van der Waals surface area contributed by atoms with Crippen molar-refractivity contribution in [3.05, 3.63) is 92.8 Å². The van der Waals surface area contributed by atoms with Crippen LogP contribution in [0.1, 0.15) is 11.3 Å². The average Bonchev–Trinajstić information content (AvgIpc) is 3.30. The normalized spacial score (nSPS) is 14.8. The molecule has 7 nitrogen and oxygen atoms in total. The number of halogens is 1. The number of aliphatic imine (C=N–C) groups is 1. The Labute approximate surface area is 163 Å². The predicted molar refractivity (Wildman–Crippen MR) is 103 cm³/mol. The van der Waals surface area contributed by atoms with Crippen molar-refractivity contribution >= 4 is 35.2 Å². The molecule has 0 fully saturated rings.